The van der Waals surface area contributed by atoms with Crippen molar-refractivity contribution in [2.24, 2.45) is 0 Å². The molecule has 0 unspecified atom stereocenters. The van der Waals surface area contributed by atoms with E-state index in [9.17, 15) is 4.79 Å². The van der Waals surface area contributed by atoms with E-state index >= 15 is 0 Å². The van der Waals surface area contributed by atoms with Crippen LogP contribution in [0.2, 0.25) is 0 Å². The highest BCUT2D eigenvalue weighted by Crippen LogP contribution is 2.21. The molecular formula is C14H11N3O2. The van der Waals surface area contributed by atoms with Crippen molar-refractivity contribution in [3.8, 4) is 0 Å². The molecule has 2 aromatic carbocycles. The van der Waals surface area contributed by atoms with Gasteiger partial charge in [-0.2, -0.15) is 5.10 Å². The summed E-state index contributed by atoms with van der Waals surface area (Å²) in [7, 11) is 0. The first-order valence-electron chi connectivity index (χ1n) is 5.76. The van der Waals surface area contributed by atoms with E-state index in [4.69, 9.17) is 5.11 Å². The quantitative estimate of drug-likeness (QED) is 0.670. The summed E-state index contributed by atoms with van der Waals surface area (Å²) in [4.78, 5) is 10.9. The van der Waals surface area contributed by atoms with Crippen LogP contribution in [-0.2, 0) is 0 Å². The average Bonchev–Trinajstić information content (AvgIpc) is 2.86. The Balaban J connectivity index is 1.91. The number of carbonyl (C=O) groups is 1. The summed E-state index contributed by atoms with van der Waals surface area (Å²) in [6.07, 6.45) is 1.74. The Hall–Kier alpha value is -2.82. The Morgan fingerprint density at radius 2 is 2.00 bits per heavy atom. The monoisotopic (exact) mass is 253 g/mol. The summed E-state index contributed by atoms with van der Waals surface area (Å²) in [6.45, 7) is 0. The van der Waals surface area contributed by atoms with Gasteiger partial charge in [0.15, 0.2) is 0 Å². The van der Waals surface area contributed by atoms with E-state index in [2.05, 4.69) is 15.5 Å². The van der Waals surface area contributed by atoms with E-state index in [0.717, 1.165) is 22.3 Å². The third-order valence-corrected chi connectivity index (χ3v) is 2.84. The fraction of sp³-hybridized carbons (Fsp3) is 0. The fourth-order valence-electron chi connectivity index (χ4n) is 1.92. The van der Waals surface area contributed by atoms with Crippen LogP contribution < -0.4 is 5.32 Å². The number of H-pyrrole nitrogens is 1. The fourth-order valence-corrected chi connectivity index (χ4v) is 1.92. The Kier molecular flexibility index (Phi) is 2.64. The van der Waals surface area contributed by atoms with E-state index in [-0.39, 0.29) is 5.56 Å². The Morgan fingerprint density at radius 1 is 1.16 bits per heavy atom. The summed E-state index contributed by atoms with van der Waals surface area (Å²) >= 11 is 0. The molecule has 94 valence electrons. The van der Waals surface area contributed by atoms with Gasteiger partial charge in [0.2, 0.25) is 0 Å². The van der Waals surface area contributed by atoms with Gasteiger partial charge in [0.25, 0.3) is 0 Å². The molecule has 0 bridgehead atoms. The molecule has 5 heteroatoms. The number of carboxylic acids is 1. The molecule has 0 saturated carbocycles. The van der Waals surface area contributed by atoms with Crippen LogP contribution in [0.1, 0.15) is 10.4 Å². The lowest BCUT2D eigenvalue weighted by molar-refractivity contribution is 0.0697. The first-order valence-corrected chi connectivity index (χ1v) is 5.76. The molecule has 3 rings (SSSR count). The number of fused-ring (bicyclic) bond motifs is 1. The maximum Gasteiger partial charge on any atom is 0.335 e. The number of anilines is 2. The van der Waals surface area contributed by atoms with Gasteiger partial charge in [0, 0.05) is 16.8 Å². The zero-order valence-corrected chi connectivity index (χ0v) is 9.92. The van der Waals surface area contributed by atoms with Crippen LogP contribution in [0, 0.1) is 0 Å². The maximum absolute atomic E-state index is 10.9. The van der Waals surface area contributed by atoms with Crippen molar-refractivity contribution in [2.45, 2.75) is 0 Å². The lowest BCUT2D eigenvalue weighted by Gasteiger charge is -2.07. The van der Waals surface area contributed by atoms with Gasteiger partial charge >= 0.3 is 5.97 Å². The highest BCUT2D eigenvalue weighted by Gasteiger charge is 2.04. The van der Waals surface area contributed by atoms with Gasteiger partial charge in [-0.05, 0) is 36.4 Å². The summed E-state index contributed by atoms with van der Waals surface area (Å²) in [5, 5.41) is 20.0. The highest BCUT2D eigenvalue weighted by molar-refractivity contribution is 5.89. The van der Waals surface area contributed by atoms with Gasteiger partial charge in [-0.25, -0.2) is 4.79 Å². The number of benzene rings is 2. The number of rotatable bonds is 3. The van der Waals surface area contributed by atoms with Crippen molar-refractivity contribution < 1.29 is 9.90 Å². The molecule has 1 heterocycles. The molecule has 0 saturated heterocycles. The summed E-state index contributed by atoms with van der Waals surface area (Å²) in [5.41, 5.74) is 2.85. The van der Waals surface area contributed by atoms with Gasteiger partial charge in [-0.3, -0.25) is 5.10 Å². The molecule has 5 nitrogen and oxygen atoms in total. The van der Waals surface area contributed by atoms with Gasteiger partial charge in [-0.1, -0.05) is 6.07 Å². The van der Waals surface area contributed by atoms with Crippen molar-refractivity contribution >= 4 is 28.2 Å². The molecular weight excluding hydrogens is 242 g/mol. The molecule has 0 aliphatic heterocycles. The molecule has 0 radical (unpaired) electrons. The second kappa shape index (κ2) is 4.45. The third kappa shape index (κ3) is 2.26. The standard InChI is InChI=1S/C14H11N3O2/c18-14(19)9-2-1-3-11(6-9)16-12-4-5-13-10(7-12)8-15-17-13/h1-8,16H,(H,15,17)(H,18,19). The number of nitrogens with zero attached hydrogens (tertiary/aromatic N) is 1. The van der Waals surface area contributed by atoms with Crippen molar-refractivity contribution in [3.05, 3.63) is 54.2 Å². The minimum atomic E-state index is -0.936. The van der Waals surface area contributed by atoms with Crippen LogP contribution >= 0.6 is 0 Å². The van der Waals surface area contributed by atoms with Crippen molar-refractivity contribution in [3.63, 3.8) is 0 Å². The normalized spacial score (nSPS) is 10.5. The molecule has 3 N–H and O–H groups in total. The summed E-state index contributed by atoms with van der Waals surface area (Å²) in [5.74, 6) is -0.936. The molecule has 1 aromatic heterocycles. The van der Waals surface area contributed by atoms with E-state index in [1.54, 1.807) is 24.4 Å². The number of hydrogen-bond donors (Lipinski definition) is 3. The molecule has 0 atom stereocenters. The molecule has 0 aliphatic rings. The van der Waals surface area contributed by atoms with E-state index in [1.165, 1.54) is 0 Å². The number of hydrogen-bond acceptors (Lipinski definition) is 3. The van der Waals surface area contributed by atoms with E-state index in [1.807, 2.05) is 24.3 Å². The third-order valence-electron chi connectivity index (χ3n) is 2.84. The zero-order chi connectivity index (χ0) is 13.2. The number of aromatic nitrogens is 2. The molecule has 0 spiro atoms. The zero-order valence-electron chi connectivity index (χ0n) is 9.92. The Bertz CT molecular complexity index is 749. The van der Waals surface area contributed by atoms with Crippen molar-refractivity contribution in [2.75, 3.05) is 5.32 Å². The number of carboxylic acid groups (broad SMARTS) is 1. The molecule has 3 aromatic rings. The average molecular weight is 253 g/mol. The van der Waals surface area contributed by atoms with Crippen LogP contribution in [0.3, 0.4) is 0 Å². The van der Waals surface area contributed by atoms with E-state index < -0.39 is 5.97 Å². The highest BCUT2D eigenvalue weighted by atomic mass is 16.4. The summed E-state index contributed by atoms with van der Waals surface area (Å²) in [6, 6.07) is 12.5. The van der Waals surface area contributed by atoms with Gasteiger partial charge in [0.1, 0.15) is 0 Å². The van der Waals surface area contributed by atoms with Gasteiger partial charge < -0.3 is 10.4 Å². The van der Waals surface area contributed by atoms with Crippen LogP contribution in [-0.4, -0.2) is 21.3 Å². The van der Waals surface area contributed by atoms with Gasteiger partial charge in [0.05, 0.1) is 17.3 Å². The van der Waals surface area contributed by atoms with Crippen molar-refractivity contribution in [1.29, 1.82) is 0 Å². The number of nitrogens with one attached hydrogen (secondary N) is 2. The minimum Gasteiger partial charge on any atom is -0.478 e. The van der Waals surface area contributed by atoms with Crippen LogP contribution in [0.25, 0.3) is 10.9 Å². The summed E-state index contributed by atoms with van der Waals surface area (Å²) < 4.78 is 0. The van der Waals surface area contributed by atoms with Gasteiger partial charge in [-0.15, -0.1) is 0 Å². The van der Waals surface area contributed by atoms with Crippen LogP contribution in [0.5, 0.6) is 0 Å². The maximum atomic E-state index is 10.9. The first kappa shape index (κ1) is 11.3. The predicted molar refractivity (Wildman–Crippen MR) is 72.8 cm³/mol. The Morgan fingerprint density at radius 3 is 2.84 bits per heavy atom. The second-order valence-electron chi connectivity index (χ2n) is 4.18. The molecule has 0 aliphatic carbocycles. The molecule has 0 amide bonds. The molecule has 0 fully saturated rings. The number of aromatic amines is 1. The minimum absolute atomic E-state index is 0.259. The largest absolute Gasteiger partial charge is 0.478 e. The predicted octanol–water partition coefficient (Wildman–Crippen LogP) is 3.00. The smallest absolute Gasteiger partial charge is 0.335 e. The topological polar surface area (TPSA) is 78.0 Å². The second-order valence-corrected chi connectivity index (χ2v) is 4.18. The SMILES string of the molecule is O=C(O)c1cccc(Nc2ccc3[nH]ncc3c2)c1. The molecule has 19 heavy (non-hydrogen) atoms. The van der Waals surface area contributed by atoms with Crippen LogP contribution in [0.4, 0.5) is 11.4 Å². The van der Waals surface area contributed by atoms with E-state index in [0.29, 0.717) is 0 Å². The first-order chi connectivity index (χ1) is 9.22. The van der Waals surface area contributed by atoms with Crippen molar-refractivity contribution in [1.82, 2.24) is 10.2 Å². The lowest BCUT2D eigenvalue weighted by Crippen LogP contribution is -1.97. The lowest BCUT2D eigenvalue weighted by atomic mass is 10.2. The van der Waals surface area contributed by atoms with Crippen LogP contribution in [0.15, 0.2) is 48.7 Å². The number of aromatic carboxylic acids is 1. The Labute approximate surface area is 108 Å².